The van der Waals surface area contributed by atoms with E-state index in [0.717, 1.165) is 50.1 Å². The van der Waals surface area contributed by atoms with E-state index in [0.29, 0.717) is 0 Å². The lowest BCUT2D eigenvalue weighted by molar-refractivity contribution is 0.669. The maximum Gasteiger partial charge on any atom is 0.136 e. The predicted molar refractivity (Wildman–Crippen MR) is 253 cm³/mol. The first-order valence-electron chi connectivity index (χ1n) is 20.5. The Bertz CT molecular complexity index is 3280. The zero-order valence-electron chi connectivity index (χ0n) is 32.9. The minimum atomic E-state index is 0.882. The van der Waals surface area contributed by atoms with Crippen LogP contribution in [0.15, 0.2) is 241 Å². The summed E-state index contributed by atoms with van der Waals surface area (Å²) >= 11 is 0. The van der Waals surface area contributed by atoms with E-state index in [4.69, 9.17) is 4.42 Å². The molecule has 282 valence electrons. The molecule has 10 aromatic carbocycles. The second-order valence-electron chi connectivity index (χ2n) is 15.3. The SMILES string of the molecule is c1ccc(-c2ccc(-c3ccc(N(c4ccc(-c5cccc(-c6cccc7ccccc67)c5)cc4)c4ccccc4-c4ccc5c(c4)oc4ccccc45)cc3)cc2)cc1. The molecule has 0 N–H and O–H groups in total. The highest BCUT2D eigenvalue weighted by molar-refractivity contribution is 6.06. The van der Waals surface area contributed by atoms with Gasteiger partial charge in [-0.2, -0.15) is 0 Å². The molecule has 0 aliphatic rings. The van der Waals surface area contributed by atoms with E-state index < -0.39 is 0 Å². The Morgan fingerprint density at radius 3 is 1.48 bits per heavy atom. The van der Waals surface area contributed by atoms with Crippen molar-refractivity contribution in [2.24, 2.45) is 0 Å². The zero-order chi connectivity index (χ0) is 39.8. The first kappa shape index (κ1) is 35.2. The number of anilines is 3. The molecule has 0 radical (unpaired) electrons. The fourth-order valence-electron chi connectivity index (χ4n) is 8.67. The first-order valence-corrected chi connectivity index (χ1v) is 20.5. The molecule has 0 unspecified atom stereocenters. The van der Waals surface area contributed by atoms with Crippen LogP contribution in [0.1, 0.15) is 0 Å². The Morgan fingerprint density at radius 2 is 0.733 bits per heavy atom. The molecule has 0 atom stereocenters. The third-order valence-corrected chi connectivity index (χ3v) is 11.7. The molecular formula is C58H39NO. The molecular weight excluding hydrogens is 727 g/mol. The van der Waals surface area contributed by atoms with Crippen LogP contribution in [0.4, 0.5) is 17.1 Å². The summed E-state index contributed by atoms with van der Waals surface area (Å²) in [4.78, 5) is 2.37. The number of rotatable bonds is 8. The molecule has 0 bridgehead atoms. The van der Waals surface area contributed by atoms with Crippen LogP contribution in [-0.2, 0) is 0 Å². The summed E-state index contributed by atoms with van der Waals surface area (Å²) < 4.78 is 6.37. The molecule has 2 nitrogen and oxygen atoms in total. The number of nitrogens with zero attached hydrogens (tertiary/aromatic N) is 1. The van der Waals surface area contributed by atoms with Gasteiger partial charge in [-0.1, -0.05) is 182 Å². The maximum atomic E-state index is 6.37. The zero-order valence-corrected chi connectivity index (χ0v) is 32.9. The fraction of sp³-hybridized carbons (Fsp3) is 0. The Labute approximate surface area is 349 Å². The van der Waals surface area contributed by atoms with Crippen LogP contribution >= 0.6 is 0 Å². The van der Waals surface area contributed by atoms with Crippen molar-refractivity contribution >= 4 is 49.8 Å². The van der Waals surface area contributed by atoms with E-state index >= 15 is 0 Å². The summed E-state index contributed by atoms with van der Waals surface area (Å²) in [5, 5.41) is 4.76. The van der Waals surface area contributed by atoms with Crippen LogP contribution in [0.2, 0.25) is 0 Å². The van der Waals surface area contributed by atoms with Crippen LogP contribution in [0.5, 0.6) is 0 Å². The van der Waals surface area contributed by atoms with Gasteiger partial charge >= 0.3 is 0 Å². The Kier molecular flexibility index (Phi) is 8.87. The summed E-state index contributed by atoms with van der Waals surface area (Å²) in [7, 11) is 0. The van der Waals surface area contributed by atoms with Gasteiger partial charge in [0.2, 0.25) is 0 Å². The van der Waals surface area contributed by atoms with Gasteiger partial charge in [0.05, 0.1) is 5.69 Å². The van der Waals surface area contributed by atoms with Crippen molar-refractivity contribution in [3.05, 3.63) is 237 Å². The normalized spacial score (nSPS) is 11.3. The standard InChI is InChI=1S/C58H39NO/c1-2-12-40(13-3-1)41-24-26-42(27-25-41)43-28-33-49(34-29-43)59(56-22-8-6-19-53(56)48-32-37-55-54-20-7-9-23-57(54)60-58(55)39-48)50-35-30-44(31-36-50)46-16-10-17-47(38-46)52-21-11-15-45-14-4-5-18-51(45)52/h1-39H. The molecule has 11 aromatic rings. The average Bonchev–Trinajstić information content (AvgIpc) is 3.70. The molecule has 0 amide bonds. The van der Waals surface area contributed by atoms with Crippen LogP contribution in [-0.4, -0.2) is 0 Å². The lowest BCUT2D eigenvalue weighted by Crippen LogP contribution is -2.11. The summed E-state index contributed by atoms with van der Waals surface area (Å²) in [6.45, 7) is 0. The summed E-state index contributed by atoms with van der Waals surface area (Å²) in [5.41, 5.74) is 16.8. The molecule has 0 aliphatic heterocycles. The number of hydrogen-bond donors (Lipinski definition) is 0. The number of furan rings is 1. The molecule has 0 saturated carbocycles. The number of hydrogen-bond acceptors (Lipinski definition) is 2. The van der Waals surface area contributed by atoms with Crippen LogP contribution in [0.3, 0.4) is 0 Å². The van der Waals surface area contributed by atoms with Crippen LogP contribution < -0.4 is 4.90 Å². The Balaban J connectivity index is 0.987. The smallest absolute Gasteiger partial charge is 0.136 e. The van der Waals surface area contributed by atoms with Crippen LogP contribution in [0.25, 0.3) is 88.3 Å². The summed E-state index contributed by atoms with van der Waals surface area (Å²) in [5.74, 6) is 0. The predicted octanol–water partition coefficient (Wildman–Crippen LogP) is 16.5. The van der Waals surface area contributed by atoms with Gasteiger partial charge in [-0.15, -0.1) is 0 Å². The first-order chi connectivity index (χ1) is 29.7. The third kappa shape index (κ3) is 6.51. The maximum absolute atomic E-state index is 6.37. The molecule has 1 aromatic heterocycles. The van der Waals surface area contributed by atoms with Gasteiger partial charge in [-0.05, 0) is 115 Å². The molecule has 2 heteroatoms. The van der Waals surface area contributed by atoms with Crippen molar-refractivity contribution in [3.8, 4) is 55.6 Å². The largest absolute Gasteiger partial charge is 0.456 e. The van der Waals surface area contributed by atoms with E-state index in [1.807, 2.05) is 12.1 Å². The Morgan fingerprint density at radius 1 is 0.267 bits per heavy atom. The summed E-state index contributed by atoms with van der Waals surface area (Å²) in [6, 6.07) is 84.9. The average molecular weight is 766 g/mol. The van der Waals surface area contributed by atoms with Gasteiger partial charge in [0.1, 0.15) is 11.2 Å². The molecule has 0 aliphatic carbocycles. The van der Waals surface area contributed by atoms with Gasteiger partial charge in [-0.25, -0.2) is 0 Å². The van der Waals surface area contributed by atoms with Gasteiger partial charge in [-0.3, -0.25) is 0 Å². The topological polar surface area (TPSA) is 16.4 Å². The molecule has 0 fully saturated rings. The fourth-order valence-corrected chi connectivity index (χ4v) is 8.67. The third-order valence-electron chi connectivity index (χ3n) is 11.7. The molecule has 60 heavy (non-hydrogen) atoms. The van der Waals surface area contributed by atoms with Crippen molar-refractivity contribution in [1.29, 1.82) is 0 Å². The van der Waals surface area contributed by atoms with Crippen molar-refractivity contribution in [2.45, 2.75) is 0 Å². The van der Waals surface area contributed by atoms with E-state index in [9.17, 15) is 0 Å². The number of para-hydroxylation sites is 2. The Hall–Kier alpha value is -7.94. The van der Waals surface area contributed by atoms with Gasteiger partial charge in [0.25, 0.3) is 0 Å². The minimum absolute atomic E-state index is 0.882. The van der Waals surface area contributed by atoms with E-state index in [2.05, 4.69) is 229 Å². The molecule has 11 rings (SSSR count). The molecule has 1 heterocycles. The van der Waals surface area contributed by atoms with E-state index in [1.165, 1.54) is 55.3 Å². The molecule has 0 saturated heterocycles. The highest BCUT2D eigenvalue weighted by Crippen LogP contribution is 2.43. The van der Waals surface area contributed by atoms with Crippen molar-refractivity contribution in [1.82, 2.24) is 0 Å². The lowest BCUT2D eigenvalue weighted by Gasteiger charge is -2.28. The summed E-state index contributed by atoms with van der Waals surface area (Å²) in [6.07, 6.45) is 0. The second-order valence-corrected chi connectivity index (χ2v) is 15.3. The van der Waals surface area contributed by atoms with Crippen molar-refractivity contribution < 1.29 is 4.42 Å². The quantitative estimate of drug-likeness (QED) is 0.153. The minimum Gasteiger partial charge on any atom is -0.456 e. The van der Waals surface area contributed by atoms with Crippen molar-refractivity contribution in [2.75, 3.05) is 4.90 Å². The van der Waals surface area contributed by atoms with E-state index in [1.54, 1.807) is 0 Å². The monoisotopic (exact) mass is 765 g/mol. The van der Waals surface area contributed by atoms with Gasteiger partial charge in [0.15, 0.2) is 0 Å². The van der Waals surface area contributed by atoms with E-state index in [-0.39, 0.29) is 0 Å². The van der Waals surface area contributed by atoms with Gasteiger partial charge in [0, 0.05) is 27.7 Å². The van der Waals surface area contributed by atoms with Crippen molar-refractivity contribution in [3.63, 3.8) is 0 Å². The number of benzene rings is 10. The van der Waals surface area contributed by atoms with Gasteiger partial charge < -0.3 is 9.32 Å². The highest BCUT2D eigenvalue weighted by Gasteiger charge is 2.19. The molecule has 0 spiro atoms. The second kappa shape index (κ2) is 15.1. The van der Waals surface area contributed by atoms with Crippen LogP contribution in [0, 0.1) is 0 Å². The highest BCUT2D eigenvalue weighted by atomic mass is 16.3. The number of fused-ring (bicyclic) bond motifs is 4. The lowest BCUT2D eigenvalue weighted by atomic mass is 9.95.